The second-order valence-corrected chi connectivity index (χ2v) is 2.63. The molecule has 14 heavy (non-hydrogen) atoms. The van der Waals surface area contributed by atoms with Gasteiger partial charge in [-0.15, -0.1) is 0 Å². The highest BCUT2D eigenvalue weighted by Crippen LogP contribution is 2.24. The second kappa shape index (κ2) is 4.78. The average Bonchev–Trinajstić information content (AvgIpc) is 2.10. The summed E-state index contributed by atoms with van der Waals surface area (Å²) in [6.07, 6.45) is -6.06. The lowest BCUT2D eigenvalue weighted by atomic mass is 10.1. The molecule has 0 heterocycles. The van der Waals surface area contributed by atoms with E-state index in [4.69, 9.17) is 5.73 Å². The van der Waals surface area contributed by atoms with Crippen molar-refractivity contribution in [3.8, 4) is 0 Å². The van der Waals surface area contributed by atoms with E-state index in [2.05, 4.69) is 0 Å². The van der Waals surface area contributed by atoms with Crippen LogP contribution in [0.1, 0.15) is 19.8 Å². The lowest BCUT2D eigenvalue weighted by Crippen LogP contribution is -2.18. The van der Waals surface area contributed by atoms with Gasteiger partial charge >= 0.3 is 6.18 Å². The summed E-state index contributed by atoms with van der Waals surface area (Å²) in [7, 11) is 0. The van der Waals surface area contributed by atoms with Gasteiger partial charge in [0.25, 0.3) is 0 Å². The Labute approximate surface area is 78.8 Å². The highest BCUT2D eigenvalue weighted by atomic mass is 19.4. The van der Waals surface area contributed by atoms with E-state index in [0.717, 1.165) is 0 Å². The molecule has 0 amide bonds. The lowest BCUT2D eigenvalue weighted by Gasteiger charge is -2.07. The van der Waals surface area contributed by atoms with Crippen LogP contribution in [-0.4, -0.2) is 18.2 Å². The molecule has 0 aromatic rings. The van der Waals surface area contributed by atoms with E-state index >= 15 is 0 Å². The van der Waals surface area contributed by atoms with Gasteiger partial charge in [-0.05, 0) is 0 Å². The average molecular weight is 209 g/mol. The van der Waals surface area contributed by atoms with E-state index in [1.165, 1.54) is 6.92 Å². The van der Waals surface area contributed by atoms with Gasteiger partial charge in [0.1, 0.15) is 6.29 Å². The van der Waals surface area contributed by atoms with E-state index in [1.54, 1.807) is 0 Å². The van der Waals surface area contributed by atoms with Gasteiger partial charge in [-0.1, -0.05) is 6.92 Å². The number of halogens is 3. The number of hydrogen-bond donors (Lipinski definition) is 1. The van der Waals surface area contributed by atoms with Crippen molar-refractivity contribution in [3.63, 3.8) is 0 Å². The summed E-state index contributed by atoms with van der Waals surface area (Å²) in [5, 5.41) is 0. The van der Waals surface area contributed by atoms with Crippen molar-refractivity contribution >= 4 is 12.1 Å². The van der Waals surface area contributed by atoms with Crippen LogP contribution < -0.4 is 5.73 Å². The van der Waals surface area contributed by atoms with E-state index < -0.39 is 29.7 Å². The number of nitrogens with two attached hydrogens (primary N) is 1. The quantitative estimate of drug-likeness (QED) is 0.561. The third-order valence-corrected chi connectivity index (χ3v) is 1.50. The molecule has 0 aliphatic carbocycles. The minimum atomic E-state index is -4.53. The number of allylic oxidation sites excluding steroid dienone is 2. The monoisotopic (exact) mass is 209 g/mol. The summed E-state index contributed by atoms with van der Waals surface area (Å²) in [5.74, 6) is -0.656. The molecule has 0 saturated heterocycles. The van der Waals surface area contributed by atoms with Crippen molar-refractivity contribution in [3.05, 3.63) is 11.3 Å². The Morgan fingerprint density at radius 1 is 1.43 bits per heavy atom. The number of aldehydes is 1. The number of Topliss-reactive ketones (excluding diaryl/α,β-unsaturated/α-hetero) is 1. The molecule has 0 aromatic heterocycles. The largest absolute Gasteiger partial charge is 0.396 e. The molecular weight excluding hydrogens is 199 g/mol. The van der Waals surface area contributed by atoms with Crippen LogP contribution in [0, 0.1) is 0 Å². The zero-order chi connectivity index (χ0) is 11.4. The first kappa shape index (κ1) is 12.7. The first-order chi connectivity index (χ1) is 6.31. The predicted octanol–water partition coefficient (Wildman–Crippen LogP) is 1.33. The van der Waals surface area contributed by atoms with Crippen molar-refractivity contribution in [2.45, 2.75) is 25.9 Å². The maximum absolute atomic E-state index is 11.9. The topological polar surface area (TPSA) is 60.2 Å². The summed E-state index contributed by atoms with van der Waals surface area (Å²) >= 11 is 0. The lowest BCUT2D eigenvalue weighted by molar-refractivity contribution is -0.131. The number of hydrogen-bond acceptors (Lipinski definition) is 3. The van der Waals surface area contributed by atoms with Crippen LogP contribution in [0.5, 0.6) is 0 Å². The van der Waals surface area contributed by atoms with Crippen LogP contribution in [0.3, 0.4) is 0 Å². The Kier molecular flexibility index (Phi) is 4.33. The fourth-order valence-electron chi connectivity index (χ4n) is 0.786. The van der Waals surface area contributed by atoms with Gasteiger partial charge in [0, 0.05) is 12.0 Å². The van der Waals surface area contributed by atoms with Crippen molar-refractivity contribution in [1.82, 2.24) is 0 Å². The predicted molar refractivity (Wildman–Crippen MR) is 43.2 cm³/mol. The van der Waals surface area contributed by atoms with E-state index in [0.29, 0.717) is 0 Å². The SMILES string of the molecule is CCC(=O)C(N)=C(C=O)CC(F)(F)F. The normalized spacial score (nSPS) is 13.4. The molecule has 0 aromatic carbocycles. The minimum absolute atomic E-state index is 0.0268. The van der Waals surface area contributed by atoms with Gasteiger partial charge in [0.05, 0.1) is 12.1 Å². The number of rotatable bonds is 4. The molecule has 0 bridgehead atoms. The summed E-state index contributed by atoms with van der Waals surface area (Å²) in [6, 6.07) is 0. The summed E-state index contributed by atoms with van der Waals surface area (Å²) in [5.41, 5.74) is 3.79. The number of ketones is 1. The molecule has 0 fully saturated rings. The van der Waals surface area contributed by atoms with Crippen molar-refractivity contribution in [2.75, 3.05) is 0 Å². The van der Waals surface area contributed by atoms with Gasteiger partial charge in [0.2, 0.25) is 0 Å². The van der Waals surface area contributed by atoms with E-state index in [1.807, 2.05) is 0 Å². The molecule has 0 unspecified atom stereocenters. The molecule has 0 spiro atoms. The van der Waals surface area contributed by atoms with Gasteiger partial charge in [-0.3, -0.25) is 9.59 Å². The Balaban J connectivity index is 4.86. The van der Waals surface area contributed by atoms with Crippen LogP contribution in [-0.2, 0) is 9.59 Å². The fraction of sp³-hybridized carbons (Fsp3) is 0.500. The van der Waals surface area contributed by atoms with Crippen molar-refractivity contribution in [2.24, 2.45) is 5.73 Å². The highest BCUT2D eigenvalue weighted by Gasteiger charge is 2.30. The van der Waals surface area contributed by atoms with Crippen LogP contribution in [0.15, 0.2) is 11.3 Å². The van der Waals surface area contributed by atoms with Gasteiger partial charge in [0.15, 0.2) is 5.78 Å². The minimum Gasteiger partial charge on any atom is -0.396 e. The zero-order valence-electron chi connectivity index (χ0n) is 7.52. The third kappa shape index (κ3) is 4.06. The molecule has 80 valence electrons. The van der Waals surface area contributed by atoms with Gasteiger partial charge in [-0.2, -0.15) is 13.2 Å². The molecule has 0 radical (unpaired) electrons. The first-order valence-electron chi connectivity index (χ1n) is 3.85. The molecule has 0 aliphatic heterocycles. The molecule has 0 saturated carbocycles. The van der Waals surface area contributed by atoms with Crippen LogP contribution in [0.25, 0.3) is 0 Å². The van der Waals surface area contributed by atoms with Crippen LogP contribution in [0.4, 0.5) is 13.2 Å². The summed E-state index contributed by atoms with van der Waals surface area (Å²) in [6.45, 7) is 1.45. The Bertz CT molecular complexity index is 268. The maximum atomic E-state index is 11.9. The van der Waals surface area contributed by atoms with Crippen LogP contribution >= 0.6 is 0 Å². The molecular formula is C8H10F3NO2. The van der Waals surface area contributed by atoms with Crippen LogP contribution in [0.2, 0.25) is 0 Å². The van der Waals surface area contributed by atoms with E-state index in [-0.39, 0.29) is 12.7 Å². The second-order valence-electron chi connectivity index (χ2n) is 2.63. The molecule has 0 atom stereocenters. The number of carbonyl (C=O) groups is 2. The molecule has 2 N–H and O–H groups in total. The van der Waals surface area contributed by atoms with Crippen molar-refractivity contribution in [1.29, 1.82) is 0 Å². The number of alkyl halides is 3. The standard InChI is InChI=1S/C8H10F3NO2/c1-2-6(14)7(12)5(4-13)3-8(9,10)11/h4H,2-3,12H2,1H3. The maximum Gasteiger partial charge on any atom is 0.393 e. The van der Waals surface area contributed by atoms with Crippen molar-refractivity contribution < 1.29 is 22.8 Å². The first-order valence-corrected chi connectivity index (χ1v) is 3.85. The molecule has 3 nitrogen and oxygen atoms in total. The molecule has 6 heteroatoms. The summed E-state index contributed by atoms with van der Waals surface area (Å²) < 4.78 is 35.6. The highest BCUT2D eigenvalue weighted by molar-refractivity contribution is 5.99. The Morgan fingerprint density at radius 2 is 1.93 bits per heavy atom. The number of carbonyl (C=O) groups excluding carboxylic acids is 2. The Morgan fingerprint density at radius 3 is 2.21 bits per heavy atom. The third-order valence-electron chi connectivity index (χ3n) is 1.50. The fourth-order valence-corrected chi connectivity index (χ4v) is 0.786. The zero-order valence-corrected chi connectivity index (χ0v) is 7.52. The molecule has 0 rings (SSSR count). The summed E-state index contributed by atoms with van der Waals surface area (Å²) in [4.78, 5) is 21.1. The molecule has 0 aliphatic rings. The Hall–Kier alpha value is -1.33. The van der Waals surface area contributed by atoms with Gasteiger partial charge in [-0.25, -0.2) is 0 Å². The smallest absolute Gasteiger partial charge is 0.393 e. The van der Waals surface area contributed by atoms with E-state index in [9.17, 15) is 22.8 Å². The van der Waals surface area contributed by atoms with Gasteiger partial charge < -0.3 is 5.73 Å².